The van der Waals surface area contributed by atoms with Gasteiger partial charge in [-0.2, -0.15) is 5.10 Å². The van der Waals surface area contributed by atoms with Crippen molar-refractivity contribution < 1.29 is 0 Å². The molecule has 0 aliphatic carbocycles. The maximum atomic E-state index is 4.32. The van der Waals surface area contributed by atoms with Gasteiger partial charge in [0, 0.05) is 24.3 Å². The van der Waals surface area contributed by atoms with Gasteiger partial charge in [-0.25, -0.2) is 0 Å². The first-order valence-corrected chi connectivity index (χ1v) is 6.61. The van der Waals surface area contributed by atoms with Gasteiger partial charge in [0.25, 0.3) is 0 Å². The lowest BCUT2D eigenvalue weighted by atomic mass is 10.0. The van der Waals surface area contributed by atoms with Gasteiger partial charge in [-0.3, -0.25) is 4.68 Å². The minimum absolute atomic E-state index is 0.382. The molecule has 3 heteroatoms. The molecule has 1 N–H and O–H groups in total. The third kappa shape index (κ3) is 2.62. The molecule has 1 aromatic carbocycles. The third-order valence-corrected chi connectivity index (χ3v) is 3.21. The van der Waals surface area contributed by atoms with E-state index < -0.39 is 0 Å². The second-order valence-electron chi connectivity index (χ2n) is 4.44. The fourth-order valence-corrected chi connectivity index (χ4v) is 2.22. The third-order valence-electron chi connectivity index (χ3n) is 3.21. The topological polar surface area (TPSA) is 29.9 Å². The first-order chi connectivity index (χ1) is 8.76. The van der Waals surface area contributed by atoms with Crippen LogP contribution in [-0.4, -0.2) is 16.3 Å². The van der Waals surface area contributed by atoms with E-state index >= 15 is 0 Å². The number of hydrogen-bond acceptors (Lipinski definition) is 2. The average molecular weight is 243 g/mol. The Balaban J connectivity index is 2.32. The Morgan fingerprint density at radius 1 is 1.28 bits per heavy atom. The summed E-state index contributed by atoms with van der Waals surface area (Å²) in [6.45, 7) is 8.32. The summed E-state index contributed by atoms with van der Waals surface area (Å²) in [4.78, 5) is 0. The molecule has 2 aromatic rings. The highest BCUT2D eigenvalue weighted by Gasteiger charge is 2.08. The van der Waals surface area contributed by atoms with Crippen molar-refractivity contribution >= 4 is 0 Å². The van der Waals surface area contributed by atoms with Gasteiger partial charge >= 0.3 is 0 Å². The predicted molar refractivity (Wildman–Crippen MR) is 75.4 cm³/mol. The number of nitrogens with zero attached hydrogens (tertiary/aromatic N) is 2. The number of nitrogens with one attached hydrogen (secondary N) is 1. The molecule has 96 valence electrons. The van der Waals surface area contributed by atoms with Crippen molar-refractivity contribution in [3.05, 3.63) is 42.1 Å². The fraction of sp³-hybridized carbons (Fsp3) is 0.400. The Labute approximate surface area is 109 Å². The van der Waals surface area contributed by atoms with E-state index in [4.69, 9.17) is 0 Å². The zero-order chi connectivity index (χ0) is 13.0. The zero-order valence-electron chi connectivity index (χ0n) is 11.4. The summed E-state index contributed by atoms with van der Waals surface area (Å²) in [5, 5.41) is 7.76. The normalized spacial score (nSPS) is 12.6. The largest absolute Gasteiger partial charge is 0.310 e. The molecule has 0 bridgehead atoms. The van der Waals surface area contributed by atoms with Crippen molar-refractivity contribution in [3.63, 3.8) is 0 Å². The maximum absolute atomic E-state index is 4.32. The molecule has 2 rings (SSSR count). The molecule has 18 heavy (non-hydrogen) atoms. The number of aryl methyl sites for hydroxylation is 1. The summed E-state index contributed by atoms with van der Waals surface area (Å²) in [6, 6.07) is 11.1. The van der Waals surface area contributed by atoms with Crippen LogP contribution in [0.2, 0.25) is 0 Å². The quantitative estimate of drug-likeness (QED) is 0.873. The Morgan fingerprint density at radius 2 is 2.11 bits per heavy atom. The lowest BCUT2D eigenvalue weighted by Gasteiger charge is -2.14. The van der Waals surface area contributed by atoms with E-state index in [0.29, 0.717) is 6.04 Å². The SMILES string of the molecule is CCNC(C)c1cccc(-c2ccnn2CC)c1. The molecule has 0 aliphatic rings. The van der Waals surface area contributed by atoms with E-state index in [-0.39, 0.29) is 0 Å². The monoisotopic (exact) mass is 243 g/mol. The molecule has 0 saturated heterocycles. The van der Waals surface area contributed by atoms with Crippen LogP contribution in [0.1, 0.15) is 32.4 Å². The molecule has 0 spiro atoms. The van der Waals surface area contributed by atoms with Crippen LogP contribution < -0.4 is 5.32 Å². The molecule has 0 radical (unpaired) electrons. The molecule has 1 atom stereocenters. The van der Waals surface area contributed by atoms with Gasteiger partial charge in [0.1, 0.15) is 0 Å². The van der Waals surface area contributed by atoms with Crippen LogP contribution in [0.3, 0.4) is 0 Å². The predicted octanol–water partition coefficient (Wildman–Crippen LogP) is 3.24. The molecular weight excluding hydrogens is 222 g/mol. The van der Waals surface area contributed by atoms with Crippen molar-refractivity contribution in [2.24, 2.45) is 0 Å². The van der Waals surface area contributed by atoms with E-state index in [1.165, 1.54) is 16.8 Å². The van der Waals surface area contributed by atoms with Crippen molar-refractivity contribution in [2.45, 2.75) is 33.4 Å². The number of aromatic nitrogens is 2. The molecule has 1 unspecified atom stereocenters. The van der Waals surface area contributed by atoms with Crippen molar-refractivity contribution in [3.8, 4) is 11.3 Å². The molecule has 0 saturated carbocycles. The van der Waals surface area contributed by atoms with Crippen molar-refractivity contribution in [1.29, 1.82) is 0 Å². The molecule has 3 nitrogen and oxygen atoms in total. The van der Waals surface area contributed by atoms with Crippen LogP contribution in [0.25, 0.3) is 11.3 Å². The molecule has 0 amide bonds. The van der Waals surface area contributed by atoms with E-state index in [2.05, 4.69) is 61.5 Å². The fourth-order valence-electron chi connectivity index (χ4n) is 2.22. The number of rotatable bonds is 5. The first-order valence-electron chi connectivity index (χ1n) is 6.61. The summed E-state index contributed by atoms with van der Waals surface area (Å²) in [7, 11) is 0. The zero-order valence-corrected chi connectivity index (χ0v) is 11.4. The van der Waals surface area contributed by atoms with Crippen molar-refractivity contribution in [2.75, 3.05) is 6.54 Å². The summed E-state index contributed by atoms with van der Waals surface area (Å²) < 4.78 is 2.02. The molecule has 0 fully saturated rings. The standard InChI is InChI=1S/C15H21N3/c1-4-16-12(3)13-7-6-8-14(11-13)15-9-10-17-18(15)5-2/h6-12,16H,4-5H2,1-3H3. The van der Waals surface area contributed by atoms with Crippen LogP contribution in [0.15, 0.2) is 36.5 Å². The van der Waals surface area contributed by atoms with Gasteiger partial charge < -0.3 is 5.32 Å². The highest BCUT2D eigenvalue weighted by Crippen LogP contribution is 2.23. The highest BCUT2D eigenvalue weighted by atomic mass is 15.3. The van der Waals surface area contributed by atoms with Crippen LogP contribution >= 0.6 is 0 Å². The Kier molecular flexibility index (Phi) is 4.15. The van der Waals surface area contributed by atoms with Gasteiger partial charge in [0.05, 0.1) is 5.69 Å². The smallest absolute Gasteiger partial charge is 0.0682 e. The number of benzene rings is 1. The minimum Gasteiger partial charge on any atom is -0.310 e. The highest BCUT2D eigenvalue weighted by molar-refractivity contribution is 5.60. The second-order valence-corrected chi connectivity index (χ2v) is 4.44. The summed E-state index contributed by atoms with van der Waals surface area (Å²) in [5.74, 6) is 0. The van der Waals surface area contributed by atoms with Crippen LogP contribution in [0.4, 0.5) is 0 Å². The average Bonchev–Trinajstić information content (AvgIpc) is 2.87. The van der Waals surface area contributed by atoms with Gasteiger partial charge in [-0.15, -0.1) is 0 Å². The molecular formula is C15H21N3. The molecule has 0 aliphatic heterocycles. The van der Waals surface area contributed by atoms with E-state index in [9.17, 15) is 0 Å². The van der Waals surface area contributed by atoms with Gasteiger partial charge in [-0.05, 0) is 38.1 Å². The minimum atomic E-state index is 0.382. The van der Waals surface area contributed by atoms with Crippen LogP contribution in [0, 0.1) is 0 Å². The Bertz CT molecular complexity index is 502. The second kappa shape index (κ2) is 5.83. The Hall–Kier alpha value is -1.61. The van der Waals surface area contributed by atoms with Crippen LogP contribution in [0.5, 0.6) is 0 Å². The first kappa shape index (κ1) is 12.8. The summed E-state index contributed by atoms with van der Waals surface area (Å²) in [5.41, 5.74) is 3.73. The van der Waals surface area contributed by atoms with Gasteiger partial charge in [0.2, 0.25) is 0 Å². The Morgan fingerprint density at radius 3 is 2.83 bits per heavy atom. The lowest BCUT2D eigenvalue weighted by molar-refractivity contribution is 0.598. The lowest BCUT2D eigenvalue weighted by Crippen LogP contribution is -2.17. The van der Waals surface area contributed by atoms with E-state index in [1.54, 1.807) is 0 Å². The van der Waals surface area contributed by atoms with Gasteiger partial charge in [-0.1, -0.05) is 25.1 Å². The van der Waals surface area contributed by atoms with Crippen LogP contribution in [-0.2, 0) is 6.54 Å². The van der Waals surface area contributed by atoms with Crippen molar-refractivity contribution in [1.82, 2.24) is 15.1 Å². The molecule has 1 heterocycles. The van der Waals surface area contributed by atoms with E-state index in [0.717, 1.165) is 13.1 Å². The summed E-state index contributed by atoms with van der Waals surface area (Å²) in [6.07, 6.45) is 1.86. The van der Waals surface area contributed by atoms with Gasteiger partial charge in [0.15, 0.2) is 0 Å². The summed E-state index contributed by atoms with van der Waals surface area (Å²) >= 11 is 0. The van der Waals surface area contributed by atoms with E-state index in [1.807, 2.05) is 10.9 Å². The molecule has 1 aromatic heterocycles. The number of hydrogen-bond donors (Lipinski definition) is 1. The maximum Gasteiger partial charge on any atom is 0.0682 e.